The minimum atomic E-state index is -0.371. The summed E-state index contributed by atoms with van der Waals surface area (Å²) in [4.78, 5) is 23.0. The molecule has 3 rings (SSSR count). The van der Waals surface area contributed by atoms with Crippen molar-refractivity contribution in [3.63, 3.8) is 0 Å². The van der Waals surface area contributed by atoms with Crippen LogP contribution in [-0.2, 0) is 13.1 Å². The number of nitrogens with zero attached hydrogens (tertiary/aromatic N) is 3. The summed E-state index contributed by atoms with van der Waals surface area (Å²) < 4.78 is 0. The predicted molar refractivity (Wildman–Crippen MR) is 115 cm³/mol. The third kappa shape index (κ3) is 5.51. The Bertz CT molecular complexity index is 845. The van der Waals surface area contributed by atoms with Gasteiger partial charge in [-0.25, -0.2) is 9.97 Å². The van der Waals surface area contributed by atoms with Crippen molar-refractivity contribution in [2.24, 2.45) is 0 Å². The van der Waals surface area contributed by atoms with Crippen molar-refractivity contribution in [3.8, 4) is 0 Å². The highest BCUT2D eigenvalue weighted by atomic mass is 16.2. The highest BCUT2D eigenvalue weighted by Crippen LogP contribution is 2.18. The van der Waals surface area contributed by atoms with Gasteiger partial charge in [0.15, 0.2) is 0 Å². The number of hydrogen-bond acceptors (Lipinski definition) is 7. The Morgan fingerprint density at radius 1 is 1.21 bits per heavy atom. The molecule has 2 heterocycles. The van der Waals surface area contributed by atoms with E-state index in [1.807, 2.05) is 6.92 Å². The van der Waals surface area contributed by atoms with Crippen molar-refractivity contribution in [3.05, 3.63) is 46.8 Å². The number of nitrogens with two attached hydrogens (primary N) is 1. The lowest BCUT2D eigenvalue weighted by atomic mass is 10.1. The van der Waals surface area contributed by atoms with Crippen molar-refractivity contribution in [1.29, 1.82) is 5.41 Å². The van der Waals surface area contributed by atoms with Gasteiger partial charge in [0.25, 0.3) is 5.91 Å². The van der Waals surface area contributed by atoms with Crippen molar-refractivity contribution >= 4 is 23.8 Å². The lowest BCUT2D eigenvalue weighted by Crippen LogP contribution is -2.27. The summed E-state index contributed by atoms with van der Waals surface area (Å²) in [5, 5.41) is 13.5. The molecular weight excluding hydrogens is 366 g/mol. The average molecular weight is 396 g/mol. The quantitative estimate of drug-likeness (QED) is 0.484. The van der Waals surface area contributed by atoms with Gasteiger partial charge in [-0.1, -0.05) is 31.2 Å². The molecular formula is C21H29N7O. The second kappa shape index (κ2) is 9.97. The summed E-state index contributed by atoms with van der Waals surface area (Å²) in [5.74, 6) is 0.129. The van der Waals surface area contributed by atoms with Gasteiger partial charge >= 0.3 is 0 Å². The van der Waals surface area contributed by atoms with Crippen LogP contribution >= 0.6 is 0 Å². The summed E-state index contributed by atoms with van der Waals surface area (Å²) in [6.45, 7) is 6.37. The Labute approximate surface area is 171 Å². The van der Waals surface area contributed by atoms with Gasteiger partial charge in [0.1, 0.15) is 11.6 Å². The van der Waals surface area contributed by atoms with E-state index >= 15 is 0 Å². The highest BCUT2D eigenvalue weighted by molar-refractivity contribution is 5.95. The first-order valence-corrected chi connectivity index (χ1v) is 10.1. The number of rotatable bonds is 9. The zero-order chi connectivity index (χ0) is 20.6. The van der Waals surface area contributed by atoms with Gasteiger partial charge in [-0.15, -0.1) is 0 Å². The van der Waals surface area contributed by atoms with Gasteiger partial charge < -0.3 is 21.8 Å². The minimum Gasteiger partial charge on any atom is -0.383 e. The van der Waals surface area contributed by atoms with E-state index in [0.29, 0.717) is 24.5 Å². The van der Waals surface area contributed by atoms with E-state index in [0.717, 1.165) is 24.7 Å². The van der Waals surface area contributed by atoms with E-state index < -0.39 is 0 Å². The SMILES string of the molecule is CCCNC(=O)c1nc(N)c(C=N)c(NCc2ccc(CN3CCCC3)cc2)n1. The van der Waals surface area contributed by atoms with Gasteiger partial charge in [-0.3, -0.25) is 9.69 Å². The summed E-state index contributed by atoms with van der Waals surface area (Å²) in [6.07, 6.45) is 4.50. The fraction of sp³-hybridized carbons (Fsp3) is 0.429. The van der Waals surface area contributed by atoms with E-state index in [-0.39, 0.29) is 17.5 Å². The Balaban J connectivity index is 1.67. The molecule has 1 fully saturated rings. The number of benzene rings is 1. The molecule has 1 aliphatic heterocycles. The fourth-order valence-corrected chi connectivity index (χ4v) is 3.33. The topological polar surface area (TPSA) is 120 Å². The molecule has 1 amide bonds. The van der Waals surface area contributed by atoms with Crippen LogP contribution in [0.5, 0.6) is 0 Å². The Kier molecular flexibility index (Phi) is 7.13. The Morgan fingerprint density at radius 2 is 1.90 bits per heavy atom. The Morgan fingerprint density at radius 3 is 2.55 bits per heavy atom. The largest absolute Gasteiger partial charge is 0.383 e. The van der Waals surface area contributed by atoms with Crippen LogP contribution in [0.2, 0.25) is 0 Å². The molecule has 0 saturated carbocycles. The molecule has 8 nitrogen and oxygen atoms in total. The molecule has 0 radical (unpaired) electrons. The van der Waals surface area contributed by atoms with Crippen molar-refractivity contribution < 1.29 is 4.79 Å². The fourth-order valence-electron chi connectivity index (χ4n) is 3.33. The molecule has 0 spiro atoms. The zero-order valence-electron chi connectivity index (χ0n) is 16.9. The van der Waals surface area contributed by atoms with Crippen LogP contribution in [-0.4, -0.2) is 46.6 Å². The lowest BCUT2D eigenvalue weighted by Gasteiger charge is -2.15. The molecule has 0 aliphatic carbocycles. The number of hydrogen-bond donors (Lipinski definition) is 4. The van der Waals surface area contributed by atoms with Gasteiger partial charge in [0.05, 0.1) is 5.56 Å². The first-order chi connectivity index (χ1) is 14.1. The van der Waals surface area contributed by atoms with Gasteiger partial charge in [-0.05, 0) is 43.5 Å². The van der Waals surface area contributed by atoms with Crippen LogP contribution in [0.4, 0.5) is 11.6 Å². The number of carbonyl (C=O) groups excluding carboxylic acids is 1. The van der Waals surface area contributed by atoms with E-state index in [4.69, 9.17) is 11.1 Å². The lowest BCUT2D eigenvalue weighted by molar-refractivity contribution is 0.0943. The molecule has 8 heteroatoms. The van der Waals surface area contributed by atoms with Crippen LogP contribution < -0.4 is 16.4 Å². The first-order valence-electron chi connectivity index (χ1n) is 10.1. The van der Waals surface area contributed by atoms with Gasteiger partial charge in [-0.2, -0.15) is 0 Å². The number of nitrogen functional groups attached to an aromatic ring is 1. The van der Waals surface area contributed by atoms with Crippen LogP contribution in [0.15, 0.2) is 24.3 Å². The van der Waals surface area contributed by atoms with Gasteiger partial charge in [0.2, 0.25) is 5.82 Å². The van der Waals surface area contributed by atoms with Crippen LogP contribution in [0.1, 0.15) is 53.5 Å². The molecule has 0 atom stereocenters. The summed E-state index contributed by atoms with van der Waals surface area (Å²) >= 11 is 0. The summed E-state index contributed by atoms with van der Waals surface area (Å²) in [6, 6.07) is 8.46. The minimum absolute atomic E-state index is 0.00464. The number of aromatic nitrogens is 2. The molecule has 1 saturated heterocycles. The molecule has 154 valence electrons. The second-order valence-corrected chi connectivity index (χ2v) is 7.25. The normalized spacial score (nSPS) is 14.0. The number of likely N-dealkylation sites (tertiary alicyclic amines) is 1. The van der Waals surface area contributed by atoms with E-state index in [9.17, 15) is 4.79 Å². The Hall–Kier alpha value is -3.00. The standard InChI is InChI=1S/C21H29N7O/c1-2-9-24-21(29)20-26-18(23)17(12-22)19(27-20)25-13-15-5-7-16(8-6-15)14-28-10-3-4-11-28/h5-8,12,22H,2-4,9-11,13-14H2,1H3,(H,24,29)(H3,23,25,26,27). The predicted octanol–water partition coefficient (Wildman–Crippen LogP) is 2.40. The second-order valence-electron chi connectivity index (χ2n) is 7.25. The number of amides is 1. The molecule has 29 heavy (non-hydrogen) atoms. The third-order valence-electron chi connectivity index (χ3n) is 4.95. The third-order valence-corrected chi connectivity index (χ3v) is 4.95. The summed E-state index contributed by atoms with van der Waals surface area (Å²) in [5.41, 5.74) is 8.70. The van der Waals surface area contributed by atoms with Crippen LogP contribution in [0.25, 0.3) is 0 Å². The van der Waals surface area contributed by atoms with Crippen molar-refractivity contribution in [1.82, 2.24) is 20.2 Å². The first kappa shape index (κ1) is 20.7. The monoisotopic (exact) mass is 395 g/mol. The summed E-state index contributed by atoms with van der Waals surface area (Å²) in [7, 11) is 0. The smallest absolute Gasteiger partial charge is 0.289 e. The van der Waals surface area contributed by atoms with Crippen LogP contribution in [0.3, 0.4) is 0 Å². The van der Waals surface area contributed by atoms with Crippen molar-refractivity contribution in [2.75, 3.05) is 30.7 Å². The molecule has 2 aromatic rings. The maximum Gasteiger partial charge on any atom is 0.289 e. The van der Waals surface area contributed by atoms with Crippen LogP contribution in [0, 0.1) is 5.41 Å². The molecule has 5 N–H and O–H groups in total. The number of carbonyl (C=O) groups is 1. The van der Waals surface area contributed by atoms with E-state index in [1.54, 1.807) is 0 Å². The van der Waals surface area contributed by atoms with Gasteiger partial charge in [0, 0.05) is 25.8 Å². The molecule has 1 aromatic heterocycles. The molecule has 1 aliphatic rings. The number of nitrogens with one attached hydrogen (secondary N) is 3. The molecule has 0 unspecified atom stereocenters. The average Bonchev–Trinajstić information content (AvgIpc) is 3.24. The maximum atomic E-state index is 12.2. The molecule has 0 bridgehead atoms. The molecule has 1 aromatic carbocycles. The van der Waals surface area contributed by atoms with E-state index in [2.05, 4.69) is 49.8 Å². The maximum absolute atomic E-state index is 12.2. The number of anilines is 2. The van der Waals surface area contributed by atoms with Crippen molar-refractivity contribution in [2.45, 2.75) is 39.3 Å². The van der Waals surface area contributed by atoms with E-state index in [1.165, 1.54) is 31.5 Å². The zero-order valence-corrected chi connectivity index (χ0v) is 16.9. The highest BCUT2D eigenvalue weighted by Gasteiger charge is 2.16.